The van der Waals surface area contributed by atoms with Gasteiger partial charge in [0.25, 0.3) is 0 Å². The van der Waals surface area contributed by atoms with E-state index >= 15 is 0 Å². The zero-order valence-corrected chi connectivity index (χ0v) is 11.8. The highest BCUT2D eigenvalue weighted by molar-refractivity contribution is 5.96. The van der Waals surface area contributed by atoms with Gasteiger partial charge >= 0.3 is 0 Å². The third-order valence-electron chi connectivity index (χ3n) is 3.01. The number of likely N-dealkylation sites (N-methyl/N-ethyl adjacent to an activating group) is 1. The Balaban J connectivity index is 2.61. The van der Waals surface area contributed by atoms with Gasteiger partial charge in [0.2, 0.25) is 5.91 Å². The first-order chi connectivity index (χ1) is 9.08. The van der Waals surface area contributed by atoms with Crippen molar-refractivity contribution in [1.82, 2.24) is 5.06 Å². The van der Waals surface area contributed by atoms with Crippen molar-refractivity contribution in [2.45, 2.75) is 32.6 Å². The van der Waals surface area contributed by atoms with Crippen molar-refractivity contribution in [2.24, 2.45) is 0 Å². The summed E-state index contributed by atoms with van der Waals surface area (Å²) >= 11 is 0. The Morgan fingerprint density at radius 3 is 2.37 bits per heavy atom. The van der Waals surface area contributed by atoms with Crippen molar-refractivity contribution in [3.05, 3.63) is 35.4 Å². The molecule has 0 saturated heterocycles. The average Bonchev–Trinajstić information content (AvgIpc) is 2.44. The van der Waals surface area contributed by atoms with Crippen LogP contribution in [0.1, 0.15) is 42.1 Å². The van der Waals surface area contributed by atoms with Crippen molar-refractivity contribution in [3.8, 4) is 0 Å². The van der Waals surface area contributed by atoms with Crippen LogP contribution in [0.4, 0.5) is 0 Å². The highest BCUT2D eigenvalue weighted by Gasteiger charge is 2.10. The maximum Gasteiger partial charge on any atom is 0.250 e. The number of hydrogen-bond acceptors (Lipinski definition) is 3. The SMILES string of the molecule is CCCCC(=O)c1ccc(CC(=O)N(C)OC)cc1. The fourth-order valence-electron chi connectivity index (χ4n) is 1.68. The number of Topliss-reactive ketones (excluding diaryl/α,β-unsaturated/α-hetero) is 1. The smallest absolute Gasteiger partial charge is 0.250 e. The van der Waals surface area contributed by atoms with Gasteiger partial charge < -0.3 is 0 Å². The maximum atomic E-state index is 11.8. The van der Waals surface area contributed by atoms with Gasteiger partial charge in [0.15, 0.2) is 5.78 Å². The predicted molar refractivity (Wildman–Crippen MR) is 73.8 cm³/mol. The van der Waals surface area contributed by atoms with Crippen LogP contribution in [0.2, 0.25) is 0 Å². The van der Waals surface area contributed by atoms with Gasteiger partial charge in [-0.05, 0) is 12.0 Å². The van der Waals surface area contributed by atoms with E-state index in [1.54, 1.807) is 19.2 Å². The van der Waals surface area contributed by atoms with Crippen LogP contribution < -0.4 is 0 Å². The molecule has 0 aliphatic carbocycles. The molecular formula is C15H21NO3. The third kappa shape index (κ3) is 4.83. The van der Waals surface area contributed by atoms with Gasteiger partial charge in [-0.15, -0.1) is 0 Å². The Bertz CT molecular complexity index is 426. The summed E-state index contributed by atoms with van der Waals surface area (Å²) in [6, 6.07) is 7.21. The lowest BCUT2D eigenvalue weighted by atomic mass is 10.0. The van der Waals surface area contributed by atoms with E-state index < -0.39 is 0 Å². The van der Waals surface area contributed by atoms with Crippen LogP contribution in [0.5, 0.6) is 0 Å². The molecule has 1 aromatic carbocycles. The number of hydrogen-bond donors (Lipinski definition) is 0. The summed E-state index contributed by atoms with van der Waals surface area (Å²) in [5.74, 6) is 0.0429. The van der Waals surface area contributed by atoms with Crippen molar-refractivity contribution >= 4 is 11.7 Å². The number of hydroxylamine groups is 2. The Hall–Kier alpha value is -1.68. The molecule has 0 aliphatic rings. The fourth-order valence-corrected chi connectivity index (χ4v) is 1.68. The van der Waals surface area contributed by atoms with E-state index in [2.05, 4.69) is 6.92 Å². The number of nitrogens with zero attached hydrogens (tertiary/aromatic N) is 1. The first kappa shape index (κ1) is 15.4. The highest BCUT2D eigenvalue weighted by Crippen LogP contribution is 2.10. The molecule has 0 N–H and O–H groups in total. The topological polar surface area (TPSA) is 46.6 Å². The molecule has 0 heterocycles. The normalized spacial score (nSPS) is 10.3. The first-order valence-electron chi connectivity index (χ1n) is 6.51. The van der Waals surface area contributed by atoms with Gasteiger partial charge in [0.1, 0.15) is 0 Å². The Labute approximate surface area is 114 Å². The minimum atomic E-state index is -0.118. The molecule has 104 valence electrons. The van der Waals surface area contributed by atoms with Crippen LogP contribution >= 0.6 is 0 Å². The van der Waals surface area contributed by atoms with Crippen molar-refractivity contribution in [3.63, 3.8) is 0 Å². The Kier molecular flexibility index (Phi) is 6.22. The quantitative estimate of drug-likeness (QED) is 0.561. The van der Waals surface area contributed by atoms with E-state index in [9.17, 15) is 9.59 Å². The van der Waals surface area contributed by atoms with E-state index in [0.29, 0.717) is 12.0 Å². The van der Waals surface area contributed by atoms with Crippen molar-refractivity contribution in [1.29, 1.82) is 0 Å². The fraction of sp³-hybridized carbons (Fsp3) is 0.467. The zero-order valence-electron chi connectivity index (χ0n) is 11.8. The van der Waals surface area contributed by atoms with Gasteiger partial charge in [-0.1, -0.05) is 37.6 Å². The van der Waals surface area contributed by atoms with E-state index in [-0.39, 0.29) is 18.1 Å². The van der Waals surface area contributed by atoms with Gasteiger partial charge in [-0.3, -0.25) is 14.4 Å². The second-order valence-corrected chi connectivity index (χ2v) is 4.47. The molecule has 1 aromatic rings. The summed E-state index contributed by atoms with van der Waals surface area (Å²) in [6.45, 7) is 2.06. The molecule has 4 heteroatoms. The van der Waals surface area contributed by atoms with Gasteiger partial charge in [0.05, 0.1) is 13.5 Å². The molecule has 0 bridgehead atoms. The summed E-state index contributed by atoms with van der Waals surface area (Å²) in [7, 11) is 3.03. The monoisotopic (exact) mass is 263 g/mol. The van der Waals surface area contributed by atoms with Crippen molar-refractivity contribution < 1.29 is 14.4 Å². The molecule has 4 nitrogen and oxygen atoms in total. The van der Waals surface area contributed by atoms with Crippen LogP contribution in [-0.4, -0.2) is 30.9 Å². The van der Waals surface area contributed by atoms with Crippen molar-refractivity contribution in [2.75, 3.05) is 14.2 Å². The van der Waals surface area contributed by atoms with Crippen LogP contribution in [0.3, 0.4) is 0 Å². The lowest BCUT2D eigenvalue weighted by molar-refractivity contribution is -0.167. The molecule has 0 fully saturated rings. The number of unbranched alkanes of at least 4 members (excludes halogenated alkanes) is 1. The number of ketones is 1. The van der Waals surface area contributed by atoms with E-state index in [1.807, 2.05) is 12.1 Å². The number of carbonyl (C=O) groups is 2. The van der Waals surface area contributed by atoms with E-state index in [1.165, 1.54) is 12.2 Å². The zero-order chi connectivity index (χ0) is 14.3. The van der Waals surface area contributed by atoms with Crippen LogP contribution in [0.15, 0.2) is 24.3 Å². The molecular weight excluding hydrogens is 242 g/mol. The number of benzene rings is 1. The maximum absolute atomic E-state index is 11.8. The van der Waals surface area contributed by atoms with Crippen LogP contribution in [-0.2, 0) is 16.1 Å². The third-order valence-corrected chi connectivity index (χ3v) is 3.01. The Morgan fingerprint density at radius 2 is 1.84 bits per heavy atom. The van der Waals surface area contributed by atoms with Gasteiger partial charge in [-0.25, -0.2) is 5.06 Å². The molecule has 0 aliphatic heterocycles. The van der Waals surface area contributed by atoms with Crippen LogP contribution in [0, 0.1) is 0 Å². The van der Waals surface area contributed by atoms with Gasteiger partial charge in [0, 0.05) is 19.0 Å². The number of amides is 1. The average molecular weight is 263 g/mol. The molecule has 0 aromatic heterocycles. The summed E-state index contributed by atoms with van der Waals surface area (Å²) in [6.07, 6.45) is 2.79. The molecule has 0 spiro atoms. The molecule has 1 rings (SSSR count). The minimum Gasteiger partial charge on any atom is -0.294 e. The lowest BCUT2D eigenvalue weighted by Crippen LogP contribution is -2.26. The van der Waals surface area contributed by atoms with E-state index in [4.69, 9.17) is 4.84 Å². The molecule has 0 saturated carbocycles. The molecule has 1 amide bonds. The first-order valence-corrected chi connectivity index (χ1v) is 6.51. The number of rotatable bonds is 7. The summed E-state index contributed by atoms with van der Waals surface area (Å²) < 4.78 is 0. The summed E-state index contributed by atoms with van der Waals surface area (Å²) in [5, 5.41) is 1.19. The Morgan fingerprint density at radius 1 is 1.21 bits per heavy atom. The summed E-state index contributed by atoms with van der Waals surface area (Å²) in [4.78, 5) is 28.3. The predicted octanol–water partition coefficient (Wildman–Crippen LogP) is 2.62. The van der Waals surface area contributed by atoms with E-state index in [0.717, 1.165) is 18.4 Å². The standard InChI is InChI=1S/C15H21NO3/c1-4-5-6-14(17)13-9-7-12(8-10-13)11-15(18)16(2)19-3/h7-10H,4-6,11H2,1-3H3. The second kappa shape index (κ2) is 7.69. The highest BCUT2D eigenvalue weighted by atomic mass is 16.7. The second-order valence-electron chi connectivity index (χ2n) is 4.47. The van der Waals surface area contributed by atoms with Gasteiger partial charge in [-0.2, -0.15) is 0 Å². The van der Waals surface area contributed by atoms with Crippen LogP contribution in [0.25, 0.3) is 0 Å². The molecule has 0 unspecified atom stereocenters. The molecule has 0 radical (unpaired) electrons. The molecule has 19 heavy (non-hydrogen) atoms. The largest absolute Gasteiger partial charge is 0.294 e. The molecule has 0 atom stereocenters. The summed E-state index contributed by atoms with van der Waals surface area (Å²) in [5.41, 5.74) is 1.59. The minimum absolute atomic E-state index is 0.118. The number of carbonyl (C=O) groups excluding carboxylic acids is 2. The lowest BCUT2D eigenvalue weighted by Gasteiger charge is -2.13.